The second kappa shape index (κ2) is 8.17. The molecule has 2 heterocycles. The number of aromatic nitrogens is 2. The second-order valence-corrected chi connectivity index (χ2v) is 7.75. The maximum Gasteiger partial charge on any atom is 0.265 e. The number of aryl methyl sites for hydroxylation is 2. The van der Waals surface area contributed by atoms with Crippen molar-refractivity contribution >= 4 is 40.5 Å². The molecule has 154 valence electrons. The zero-order chi connectivity index (χ0) is 21.4. The molecule has 2 aromatic carbocycles. The van der Waals surface area contributed by atoms with E-state index in [0.29, 0.717) is 51.4 Å². The number of oxazole rings is 1. The van der Waals surface area contributed by atoms with Crippen LogP contribution < -0.4 is 4.90 Å². The van der Waals surface area contributed by atoms with Crippen molar-refractivity contribution in [1.82, 2.24) is 9.61 Å². The van der Waals surface area contributed by atoms with Crippen molar-refractivity contribution in [3.05, 3.63) is 75.6 Å². The molecule has 0 aliphatic rings. The molecule has 0 bridgehead atoms. The van der Waals surface area contributed by atoms with Crippen LogP contribution in [0, 0.1) is 6.92 Å². The van der Waals surface area contributed by atoms with Crippen LogP contribution in [-0.4, -0.2) is 22.1 Å². The monoisotopic (exact) mass is 441 g/mol. The van der Waals surface area contributed by atoms with Gasteiger partial charge < -0.3 is 9.32 Å². The van der Waals surface area contributed by atoms with Crippen LogP contribution in [0.3, 0.4) is 0 Å². The summed E-state index contributed by atoms with van der Waals surface area (Å²) in [5, 5.41) is 5.75. The Labute approximate surface area is 184 Å². The molecule has 4 rings (SSSR count). The molecule has 0 saturated heterocycles. The van der Waals surface area contributed by atoms with Crippen molar-refractivity contribution in [3.8, 4) is 11.3 Å². The Morgan fingerprint density at radius 3 is 2.50 bits per heavy atom. The Bertz CT molecular complexity index is 1230. The molecule has 0 atom stereocenters. The predicted octanol–water partition coefficient (Wildman–Crippen LogP) is 6.44. The molecule has 0 fully saturated rings. The summed E-state index contributed by atoms with van der Waals surface area (Å²) in [6, 6.07) is 14.9. The number of hydrogen-bond acceptors (Lipinski definition) is 3. The smallest absolute Gasteiger partial charge is 0.265 e. The normalized spacial score (nSPS) is 11.2. The van der Waals surface area contributed by atoms with E-state index >= 15 is 0 Å². The molecule has 7 heteroatoms. The van der Waals surface area contributed by atoms with Gasteiger partial charge >= 0.3 is 0 Å². The van der Waals surface area contributed by atoms with E-state index in [9.17, 15) is 4.79 Å². The van der Waals surface area contributed by atoms with Gasteiger partial charge in [-0.05, 0) is 50.6 Å². The Morgan fingerprint density at radius 1 is 1.13 bits per heavy atom. The van der Waals surface area contributed by atoms with E-state index in [-0.39, 0.29) is 5.91 Å². The summed E-state index contributed by atoms with van der Waals surface area (Å²) < 4.78 is 7.74. The highest BCUT2D eigenvalue weighted by Gasteiger charge is 2.29. The minimum atomic E-state index is -0.141. The van der Waals surface area contributed by atoms with Crippen LogP contribution in [0.4, 0.5) is 5.69 Å². The number of carbonyl (C=O) groups excluding carboxylic acids is 1. The zero-order valence-electron chi connectivity index (χ0n) is 16.9. The molecule has 5 nitrogen and oxygen atoms in total. The summed E-state index contributed by atoms with van der Waals surface area (Å²) in [6.45, 7) is 6.28. The number of hydrogen-bond donors (Lipinski definition) is 0. The lowest BCUT2D eigenvalue weighted by Gasteiger charge is -2.20. The van der Waals surface area contributed by atoms with Crippen LogP contribution in [-0.2, 0) is 6.42 Å². The molecule has 30 heavy (non-hydrogen) atoms. The van der Waals surface area contributed by atoms with E-state index in [0.717, 1.165) is 11.3 Å². The second-order valence-electron chi connectivity index (χ2n) is 6.91. The van der Waals surface area contributed by atoms with Gasteiger partial charge in [-0.15, -0.1) is 0 Å². The van der Waals surface area contributed by atoms with E-state index in [4.69, 9.17) is 32.7 Å². The van der Waals surface area contributed by atoms with Gasteiger partial charge in [-0.2, -0.15) is 9.61 Å². The molecule has 0 saturated carbocycles. The van der Waals surface area contributed by atoms with Gasteiger partial charge in [0.25, 0.3) is 5.91 Å². The van der Waals surface area contributed by atoms with Gasteiger partial charge in [0, 0.05) is 22.8 Å². The molecule has 0 radical (unpaired) electrons. The van der Waals surface area contributed by atoms with Crippen LogP contribution in [0.15, 0.2) is 52.9 Å². The van der Waals surface area contributed by atoms with Gasteiger partial charge in [0.15, 0.2) is 0 Å². The van der Waals surface area contributed by atoms with Gasteiger partial charge in [-0.25, -0.2) is 0 Å². The van der Waals surface area contributed by atoms with Crippen LogP contribution >= 0.6 is 23.2 Å². The molecule has 0 spiro atoms. The fourth-order valence-corrected chi connectivity index (χ4v) is 4.17. The third-order valence-electron chi connectivity index (χ3n) is 5.07. The van der Waals surface area contributed by atoms with E-state index in [2.05, 4.69) is 0 Å². The molecular weight excluding hydrogens is 421 g/mol. The molecule has 0 aliphatic heterocycles. The number of benzene rings is 2. The summed E-state index contributed by atoms with van der Waals surface area (Å²) in [7, 11) is 0. The Morgan fingerprint density at radius 2 is 1.87 bits per heavy atom. The molecule has 1 amide bonds. The largest absolute Gasteiger partial charge is 0.440 e. The first-order valence-corrected chi connectivity index (χ1v) is 10.5. The molecule has 4 aromatic rings. The number of anilines is 1. The number of para-hydroxylation sites is 1. The van der Waals surface area contributed by atoms with Gasteiger partial charge in [0.1, 0.15) is 17.0 Å². The highest BCUT2D eigenvalue weighted by Crippen LogP contribution is 2.36. The van der Waals surface area contributed by atoms with E-state index in [1.54, 1.807) is 21.5 Å². The Kier molecular flexibility index (Phi) is 5.58. The highest BCUT2D eigenvalue weighted by atomic mass is 35.5. The SMILES string of the molecule is CCc1nn2c(-c3ccc(Cl)cc3Cl)c(C)oc2c1C(=O)N(CC)c1ccccc1. The molecule has 0 unspecified atom stereocenters. The fraction of sp³-hybridized carbons (Fsp3) is 0.217. The van der Waals surface area contributed by atoms with Crippen LogP contribution in [0.25, 0.3) is 17.0 Å². The standard InChI is InChI=1S/C23H21Cl2N3O2/c1-4-19-20(22(29)27(5-2)16-9-7-6-8-10-16)23-28(26-19)21(14(3)30-23)17-12-11-15(24)13-18(17)25/h6-13H,4-5H2,1-3H3. The van der Waals surface area contributed by atoms with Crippen LogP contribution in [0.1, 0.15) is 35.7 Å². The van der Waals surface area contributed by atoms with Crippen molar-refractivity contribution in [2.24, 2.45) is 0 Å². The lowest BCUT2D eigenvalue weighted by molar-refractivity contribution is 0.0988. The van der Waals surface area contributed by atoms with Crippen LogP contribution in [0.5, 0.6) is 0 Å². The van der Waals surface area contributed by atoms with Crippen molar-refractivity contribution in [2.75, 3.05) is 11.4 Å². The predicted molar refractivity (Wildman–Crippen MR) is 121 cm³/mol. The lowest BCUT2D eigenvalue weighted by Crippen LogP contribution is -2.31. The van der Waals surface area contributed by atoms with Crippen molar-refractivity contribution < 1.29 is 9.21 Å². The topological polar surface area (TPSA) is 50.8 Å². The Balaban J connectivity index is 1.90. The minimum absolute atomic E-state index is 0.141. The average Bonchev–Trinajstić information content (AvgIpc) is 3.23. The number of carbonyl (C=O) groups is 1. The Hall–Kier alpha value is -2.76. The minimum Gasteiger partial charge on any atom is -0.440 e. The number of halogens is 2. The van der Waals surface area contributed by atoms with Crippen LogP contribution in [0.2, 0.25) is 10.0 Å². The maximum absolute atomic E-state index is 13.6. The number of rotatable bonds is 5. The summed E-state index contributed by atoms with van der Waals surface area (Å²) in [4.78, 5) is 15.3. The summed E-state index contributed by atoms with van der Waals surface area (Å²) >= 11 is 12.5. The summed E-state index contributed by atoms with van der Waals surface area (Å²) in [5.74, 6) is 0.485. The van der Waals surface area contributed by atoms with Gasteiger partial charge in [-0.1, -0.05) is 48.3 Å². The molecule has 0 aliphatic carbocycles. The number of amides is 1. The van der Waals surface area contributed by atoms with Gasteiger partial charge in [0.2, 0.25) is 5.71 Å². The quantitative estimate of drug-likeness (QED) is 0.358. The van der Waals surface area contributed by atoms with Gasteiger partial charge in [0.05, 0.1) is 10.7 Å². The number of nitrogens with zero attached hydrogens (tertiary/aromatic N) is 3. The first kappa shape index (κ1) is 20.5. The van der Waals surface area contributed by atoms with Gasteiger partial charge in [-0.3, -0.25) is 4.79 Å². The first-order chi connectivity index (χ1) is 14.5. The van der Waals surface area contributed by atoms with Crippen molar-refractivity contribution in [1.29, 1.82) is 0 Å². The summed E-state index contributed by atoms with van der Waals surface area (Å²) in [6.07, 6.45) is 0.595. The van der Waals surface area contributed by atoms with E-state index < -0.39 is 0 Å². The summed E-state index contributed by atoms with van der Waals surface area (Å²) in [5.41, 5.74) is 3.86. The number of fused-ring (bicyclic) bond motifs is 1. The highest BCUT2D eigenvalue weighted by molar-refractivity contribution is 6.36. The lowest BCUT2D eigenvalue weighted by atomic mass is 10.1. The zero-order valence-corrected chi connectivity index (χ0v) is 18.5. The van der Waals surface area contributed by atoms with Crippen molar-refractivity contribution in [3.63, 3.8) is 0 Å². The first-order valence-electron chi connectivity index (χ1n) is 9.79. The third-order valence-corrected chi connectivity index (χ3v) is 5.62. The van der Waals surface area contributed by atoms with Crippen molar-refractivity contribution in [2.45, 2.75) is 27.2 Å². The maximum atomic E-state index is 13.6. The molecule has 0 N–H and O–H groups in total. The fourth-order valence-electron chi connectivity index (χ4n) is 3.67. The average molecular weight is 442 g/mol. The third kappa shape index (κ3) is 3.38. The molecular formula is C23H21Cl2N3O2. The van der Waals surface area contributed by atoms with E-state index in [1.807, 2.05) is 57.2 Å². The van der Waals surface area contributed by atoms with E-state index in [1.165, 1.54) is 0 Å². The molecule has 2 aromatic heterocycles.